The van der Waals surface area contributed by atoms with Crippen molar-refractivity contribution in [2.45, 2.75) is 32.6 Å². The van der Waals surface area contributed by atoms with E-state index in [0.29, 0.717) is 18.9 Å². The molecule has 1 rings (SSSR count). The molecule has 5 nitrogen and oxygen atoms in total. The van der Waals surface area contributed by atoms with Gasteiger partial charge in [-0.3, -0.25) is 4.79 Å². The standard InChI is InChI=1S/C10H17N3O2S/c1-2-3-4-5-6-15-10(14)8-16-9-7-11-13-12-9/h2-8H2,1H3. The van der Waals surface area contributed by atoms with E-state index in [4.69, 9.17) is 4.74 Å². The van der Waals surface area contributed by atoms with Crippen LogP contribution < -0.4 is 0 Å². The third-order valence-corrected chi connectivity index (χ3v) is 2.97. The number of carbonyl (C=O) groups excluding carboxylic acids is 1. The van der Waals surface area contributed by atoms with Crippen LogP contribution >= 0.6 is 11.8 Å². The molecule has 0 spiro atoms. The lowest BCUT2D eigenvalue weighted by Gasteiger charge is -2.03. The topological polar surface area (TPSA) is 63.4 Å². The van der Waals surface area contributed by atoms with E-state index >= 15 is 0 Å². The number of nitrogens with zero attached hydrogens (tertiary/aromatic N) is 3. The number of unbranched alkanes of at least 4 members (excludes halogenated alkanes) is 3. The molecule has 0 aromatic carbocycles. The van der Waals surface area contributed by atoms with Crippen molar-refractivity contribution in [3.05, 3.63) is 0 Å². The van der Waals surface area contributed by atoms with E-state index in [0.717, 1.165) is 17.9 Å². The van der Waals surface area contributed by atoms with Crippen molar-refractivity contribution in [2.75, 3.05) is 18.9 Å². The second kappa shape index (κ2) is 8.27. The lowest BCUT2D eigenvalue weighted by Crippen LogP contribution is -2.10. The second-order valence-corrected chi connectivity index (χ2v) is 4.50. The van der Waals surface area contributed by atoms with Gasteiger partial charge in [-0.05, 0) is 11.6 Å². The predicted molar refractivity (Wildman–Crippen MR) is 64.7 cm³/mol. The number of carbonyl (C=O) groups is 1. The molecule has 0 saturated carbocycles. The maximum atomic E-state index is 11.3. The number of hydrogen-bond acceptors (Lipinski definition) is 6. The van der Waals surface area contributed by atoms with Crippen LogP contribution in [-0.4, -0.2) is 29.9 Å². The summed E-state index contributed by atoms with van der Waals surface area (Å²) in [5.41, 5.74) is 0. The van der Waals surface area contributed by atoms with Gasteiger partial charge in [0.15, 0.2) is 0 Å². The molecule has 1 heterocycles. The van der Waals surface area contributed by atoms with Crippen LogP contribution in [0, 0.1) is 0 Å². The zero-order valence-electron chi connectivity index (χ0n) is 9.52. The molecule has 0 bridgehead atoms. The molecule has 0 aromatic heterocycles. The summed E-state index contributed by atoms with van der Waals surface area (Å²) in [7, 11) is 0. The van der Waals surface area contributed by atoms with E-state index < -0.39 is 0 Å². The van der Waals surface area contributed by atoms with Gasteiger partial charge in [0.2, 0.25) is 0 Å². The lowest BCUT2D eigenvalue weighted by atomic mass is 10.2. The number of esters is 1. The summed E-state index contributed by atoms with van der Waals surface area (Å²) in [6, 6.07) is 0. The third kappa shape index (κ3) is 5.85. The zero-order chi connectivity index (χ0) is 11.6. The average Bonchev–Trinajstić information content (AvgIpc) is 2.79. The Kier molecular flexibility index (Phi) is 6.80. The Morgan fingerprint density at radius 2 is 2.31 bits per heavy atom. The summed E-state index contributed by atoms with van der Waals surface area (Å²) in [5, 5.41) is 11.7. The van der Waals surface area contributed by atoms with Crippen molar-refractivity contribution in [1.29, 1.82) is 0 Å². The van der Waals surface area contributed by atoms with E-state index in [1.54, 1.807) is 0 Å². The summed E-state index contributed by atoms with van der Waals surface area (Å²) >= 11 is 1.35. The molecular formula is C10H17N3O2S. The summed E-state index contributed by atoms with van der Waals surface area (Å²) in [6.07, 6.45) is 4.47. The van der Waals surface area contributed by atoms with Crippen LogP contribution in [0.4, 0.5) is 0 Å². The molecule has 0 fully saturated rings. The van der Waals surface area contributed by atoms with Crippen LogP contribution in [0.25, 0.3) is 0 Å². The zero-order valence-corrected chi connectivity index (χ0v) is 10.3. The van der Waals surface area contributed by atoms with Crippen molar-refractivity contribution < 1.29 is 9.53 Å². The predicted octanol–water partition coefficient (Wildman–Crippen LogP) is 2.62. The minimum absolute atomic E-state index is 0.184. The number of rotatable bonds is 7. The molecule has 0 saturated heterocycles. The van der Waals surface area contributed by atoms with Crippen LogP contribution in [0.2, 0.25) is 0 Å². The highest BCUT2D eigenvalue weighted by Crippen LogP contribution is 2.10. The molecule has 1 aliphatic rings. The molecule has 0 aromatic rings. The first kappa shape index (κ1) is 13.2. The maximum Gasteiger partial charge on any atom is 0.316 e. The van der Waals surface area contributed by atoms with E-state index in [2.05, 4.69) is 22.4 Å². The first-order chi connectivity index (χ1) is 7.83. The number of ether oxygens (including phenoxy) is 1. The molecule has 0 unspecified atom stereocenters. The summed E-state index contributed by atoms with van der Waals surface area (Å²) < 4.78 is 5.07. The van der Waals surface area contributed by atoms with Crippen molar-refractivity contribution in [3.63, 3.8) is 0 Å². The molecule has 16 heavy (non-hydrogen) atoms. The van der Waals surface area contributed by atoms with Crippen LogP contribution in [0.15, 0.2) is 15.4 Å². The van der Waals surface area contributed by atoms with E-state index in [1.165, 1.54) is 24.6 Å². The van der Waals surface area contributed by atoms with Crippen LogP contribution in [0.1, 0.15) is 32.6 Å². The smallest absolute Gasteiger partial charge is 0.316 e. The van der Waals surface area contributed by atoms with Gasteiger partial charge < -0.3 is 4.74 Å². The van der Waals surface area contributed by atoms with Crippen molar-refractivity contribution in [1.82, 2.24) is 0 Å². The Hall–Kier alpha value is -0.910. The molecule has 6 heteroatoms. The molecule has 0 radical (unpaired) electrons. The number of hydrogen-bond donors (Lipinski definition) is 0. The molecule has 90 valence electrons. The lowest BCUT2D eigenvalue weighted by molar-refractivity contribution is -0.140. The molecule has 1 aliphatic heterocycles. The highest BCUT2D eigenvalue weighted by molar-refractivity contribution is 8.14. The Morgan fingerprint density at radius 1 is 1.44 bits per heavy atom. The molecular weight excluding hydrogens is 226 g/mol. The monoisotopic (exact) mass is 243 g/mol. The van der Waals surface area contributed by atoms with Gasteiger partial charge in [0.05, 0.1) is 12.4 Å². The summed E-state index contributed by atoms with van der Waals surface area (Å²) in [4.78, 5) is 11.3. The van der Waals surface area contributed by atoms with Crippen LogP contribution in [0.5, 0.6) is 0 Å². The Bertz CT molecular complexity index is 279. The van der Waals surface area contributed by atoms with Crippen molar-refractivity contribution >= 4 is 22.8 Å². The largest absolute Gasteiger partial charge is 0.465 e. The maximum absolute atomic E-state index is 11.3. The first-order valence-electron chi connectivity index (χ1n) is 5.54. The fraction of sp³-hybridized carbons (Fsp3) is 0.800. The number of thioether (sulfide) groups is 1. The fourth-order valence-corrected chi connectivity index (χ4v) is 1.79. The van der Waals surface area contributed by atoms with Gasteiger partial charge in [0.25, 0.3) is 0 Å². The highest BCUT2D eigenvalue weighted by atomic mass is 32.2. The van der Waals surface area contributed by atoms with E-state index in [-0.39, 0.29) is 5.97 Å². The first-order valence-corrected chi connectivity index (χ1v) is 6.53. The quantitative estimate of drug-likeness (QED) is 0.510. The van der Waals surface area contributed by atoms with Gasteiger partial charge in [-0.25, -0.2) is 0 Å². The van der Waals surface area contributed by atoms with E-state index in [9.17, 15) is 4.79 Å². The minimum atomic E-state index is -0.184. The fourth-order valence-electron chi connectivity index (χ4n) is 1.18. The highest BCUT2D eigenvalue weighted by Gasteiger charge is 2.09. The van der Waals surface area contributed by atoms with Crippen molar-refractivity contribution in [3.8, 4) is 0 Å². The van der Waals surface area contributed by atoms with Crippen LogP contribution in [-0.2, 0) is 9.53 Å². The Balaban J connectivity index is 1.94. The normalized spacial score (nSPS) is 13.9. The molecule has 0 aliphatic carbocycles. The van der Waals surface area contributed by atoms with Gasteiger partial charge in [0, 0.05) is 0 Å². The second-order valence-electron chi connectivity index (χ2n) is 3.45. The Morgan fingerprint density at radius 3 is 3.00 bits per heavy atom. The van der Waals surface area contributed by atoms with Gasteiger partial charge in [-0.1, -0.05) is 37.9 Å². The molecule has 0 N–H and O–H groups in total. The Labute approximate surface area is 99.7 Å². The van der Waals surface area contributed by atoms with Gasteiger partial charge >= 0.3 is 5.97 Å². The van der Waals surface area contributed by atoms with Gasteiger partial charge in [-0.15, -0.1) is 5.10 Å². The van der Waals surface area contributed by atoms with Crippen molar-refractivity contribution in [2.24, 2.45) is 15.4 Å². The molecule has 0 amide bonds. The summed E-state index contributed by atoms with van der Waals surface area (Å²) in [6.45, 7) is 3.18. The molecule has 0 atom stereocenters. The van der Waals surface area contributed by atoms with Gasteiger partial charge in [0.1, 0.15) is 11.6 Å². The van der Waals surface area contributed by atoms with E-state index in [1.807, 2.05) is 0 Å². The minimum Gasteiger partial charge on any atom is -0.465 e. The van der Waals surface area contributed by atoms with Crippen LogP contribution in [0.3, 0.4) is 0 Å². The SMILES string of the molecule is CCCCCCOC(=O)CSC1=NN=NC1. The summed E-state index contributed by atoms with van der Waals surface area (Å²) in [5.74, 6) is 0.119. The third-order valence-electron chi connectivity index (χ3n) is 2.04. The average molecular weight is 243 g/mol. The van der Waals surface area contributed by atoms with Gasteiger partial charge in [-0.2, -0.15) is 5.11 Å².